The molecule has 0 spiro atoms. The van der Waals surface area contributed by atoms with Crippen molar-refractivity contribution in [1.29, 1.82) is 0 Å². The van der Waals surface area contributed by atoms with Crippen molar-refractivity contribution in [3.05, 3.63) is 68.5 Å². The van der Waals surface area contributed by atoms with Crippen LogP contribution in [0, 0.1) is 6.92 Å². The number of rotatable bonds is 6. The third-order valence-electron chi connectivity index (χ3n) is 3.41. The molecule has 0 aliphatic heterocycles. The molecule has 0 amide bonds. The molecule has 0 aliphatic rings. The van der Waals surface area contributed by atoms with Gasteiger partial charge in [0.15, 0.2) is 0 Å². The summed E-state index contributed by atoms with van der Waals surface area (Å²) in [5.74, 6) is 0. The first-order chi connectivity index (χ1) is 10.0. The van der Waals surface area contributed by atoms with Crippen LogP contribution in [0.1, 0.15) is 18.1 Å². The number of aryl methyl sites for hydroxylation is 1. The smallest absolute Gasteiger partial charge is 0.250 e. The third kappa shape index (κ3) is 5.14. The zero-order chi connectivity index (χ0) is 15.2. The normalized spacial score (nSPS) is 12.3. The van der Waals surface area contributed by atoms with E-state index < -0.39 is 0 Å². The first-order valence-corrected chi connectivity index (χ1v) is 7.99. The van der Waals surface area contributed by atoms with Crippen LogP contribution in [0.3, 0.4) is 0 Å². The molecule has 0 saturated carbocycles. The van der Waals surface area contributed by atoms with E-state index in [1.807, 2.05) is 6.20 Å². The van der Waals surface area contributed by atoms with E-state index in [-0.39, 0.29) is 11.6 Å². The van der Waals surface area contributed by atoms with Crippen LogP contribution >= 0.6 is 15.9 Å². The molecule has 1 aromatic carbocycles. The minimum absolute atomic E-state index is 0.0329. The highest BCUT2D eigenvalue weighted by molar-refractivity contribution is 9.10. The Hall–Kier alpha value is -1.39. The van der Waals surface area contributed by atoms with Crippen molar-refractivity contribution in [2.45, 2.75) is 32.9 Å². The van der Waals surface area contributed by atoms with Crippen LogP contribution in [0.4, 0.5) is 0 Å². The maximum Gasteiger partial charge on any atom is 0.250 e. The van der Waals surface area contributed by atoms with Gasteiger partial charge in [0.1, 0.15) is 0 Å². The van der Waals surface area contributed by atoms with Gasteiger partial charge in [-0.15, -0.1) is 0 Å². The summed E-state index contributed by atoms with van der Waals surface area (Å²) < 4.78 is 2.66. The van der Waals surface area contributed by atoms with Crippen molar-refractivity contribution in [3.8, 4) is 0 Å². The molecule has 0 saturated heterocycles. The molecule has 1 aromatic heterocycles. The summed E-state index contributed by atoms with van der Waals surface area (Å²) in [4.78, 5) is 11.8. The Morgan fingerprint density at radius 2 is 2.10 bits per heavy atom. The van der Waals surface area contributed by atoms with E-state index >= 15 is 0 Å². The van der Waals surface area contributed by atoms with Crippen molar-refractivity contribution in [2.75, 3.05) is 6.54 Å². The minimum atomic E-state index is 0.0329. The van der Waals surface area contributed by atoms with Crippen LogP contribution in [-0.4, -0.2) is 17.2 Å². The Morgan fingerprint density at radius 3 is 2.86 bits per heavy atom. The Morgan fingerprint density at radius 1 is 1.29 bits per heavy atom. The lowest BCUT2D eigenvalue weighted by molar-refractivity contribution is 0.472. The lowest BCUT2D eigenvalue weighted by atomic mass is 10.1. The third-order valence-corrected chi connectivity index (χ3v) is 3.88. The molecule has 112 valence electrons. The van der Waals surface area contributed by atoms with Crippen LogP contribution < -0.4 is 10.9 Å². The van der Waals surface area contributed by atoms with Crippen LogP contribution in [0.2, 0.25) is 0 Å². The Balaban J connectivity index is 1.83. The maximum atomic E-state index is 11.8. The molecule has 0 fully saturated rings. The highest BCUT2D eigenvalue weighted by Crippen LogP contribution is 2.06. The van der Waals surface area contributed by atoms with Crippen molar-refractivity contribution in [1.82, 2.24) is 9.88 Å². The number of hydrogen-bond acceptors (Lipinski definition) is 2. The summed E-state index contributed by atoms with van der Waals surface area (Å²) in [6.45, 7) is 5.79. The average molecular weight is 349 g/mol. The van der Waals surface area contributed by atoms with Gasteiger partial charge in [-0.3, -0.25) is 4.79 Å². The van der Waals surface area contributed by atoms with Gasteiger partial charge in [0.25, 0.3) is 5.56 Å². The summed E-state index contributed by atoms with van der Waals surface area (Å²) in [6, 6.07) is 12.2. The molecule has 1 heterocycles. The molecule has 2 aromatic rings. The fraction of sp³-hybridized carbons (Fsp3) is 0.353. The van der Waals surface area contributed by atoms with E-state index in [1.165, 1.54) is 11.1 Å². The summed E-state index contributed by atoms with van der Waals surface area (Å²) in [7, 11) is 0. The number of halogens is 1. The van der Waals surface area contributed by atoms with E-state index in [0.717, 1.165) is 17.4 Å². The van der Waals surface area contributed by atoms with Crippen molar-refractivity contribution in [3.63, 3.8) is 0 Å². The highest BCUT2D eigenvalue weighted by atomic mass is 79.9. The van der Waals surface area contributed by atoms with Crippen LogP contribution in [0.5, 0.6) is 0 Å². The maximum absolute atomic E-state index is 11.8. The van der Waals surface area contributed by atoms with Crippen LogP contribution in [0.15, 0.2) is 51.9 Å². The fourth-order valence-electron chi connectivity index (χ4n) is 2.33. The molecule has 0 unspecified atom stereocenters. The molecule has 0 radical (unpaired) electrons. The Kier molecular flexibility index (Phi) is 5.76. The predicted molar refractivity (Wildman–Crippen MR) is 90.7 cm³/mol. The largest absolute Gasteiger partial charge is 0.313 e. The van der Waals surface area contributed by atoms with Gasteiger partial charge in [0.05, 0.1) is 0 Å². The van der Waals surface area contributed by atoms with Gasteiger partial charge in [-0.2, -0.15) is 0 Å². The van der Waals surface area contributed by atoms with Gasteiger partial charge in [-0.05, 0) is 54.4 Å². The second-order valence-corrected chi connectivity index (χ2v) is 6.35. The first-order valence-electron chi connectivity index (χ1n) is 7.19. The Labute approximate surface area is 134 Å². The minimum Gasteiger partial charge on any atom is -0.313 e. The average Bonchev–Trinajstić information content (AvgIpc) is 2.43. The second kappa shape index (κ2) is 7.57. The molecule has 0 bridgehead atoms. The van der Waals surface area contributed by atoms with E-state index in [4.69, 9.17) is 0 Å². The van der Waals surface area contributed by atoms with E-state index in [9.17, 15) is 4.79 Å². The monoisotopic (exact) mass is 348 g/mol. The molecular formula is C17H21BrN2O. The molecule has 0 aliphatic carbocycles. The van der Waals surface area contributed by atoms with E-state index in [0.29, 0.717) is 6.54 Å². The van der Waals surface area contributed by atoms with Gasteiger partial charge in [-0.25, -0.2) is 0 Å². The first kappa shape index (κ1) is 16.0. The SMILES string of the molecule is Cc1cccc(CCN[C@H](C)Cn2cc(Br)ccc2=O)c1. The molecule has 21 heavy (non-hydrogen) atoms. The lowest BCUT2D eigenvalue weighted by Gasteiger charge is -2.15. The number of nitrogens with zero attached hydrogens (tertiary/aromatic N) is 1. The van der Waals surface area contributed by atoms with Gasteiger partial charge in [0.2, 0.25) is 0 Å². The van der Waals surface area contributed by atoms with Crippen molar-refractivity contribution >= 4 is 15.9 Å². The molecule has 4 heteroatoms. The fourth-order valence-corrected chi connectivity index (χ4v) is 2.71. The van der Waals surface area contributed by atoms with Crippen LogP contribution in [0.25, 0.3) is 0 Å². The zero-order valence-corrected chi connectivity index (χ0v) is 14.1. The van der Waals surface area contributed by atoms with E-state index in [2.05, 4.69) is 59.4 Å². The van der Waals surface area contributed by atoms with Crippen molar-refractivity contribution in [2.24, 2.45) is 0 Å². The van der Waals surface area contributed by atoms with Gasteiger partial charge in [0, 0.05) is 29.3 Å². The highest BCUT2D eigenvalue weighted by Gasteiger charge is 2.04. The van der Waals surface area contributed by atoms with E-state index in [1.54, 1.807) is 16.7 Å². The quantitative estimate of drug-likeness (QED) is 0.869. The lowest BCUT2D eigenvalue weighted by Crippen LogP contribution is -2.35. The Bertz CT molecular complexity index is 651. The van der Waals surface area contributed by atoms with Gasteiger partial charge in [-0.1, -0.05) is 29.8 Å². The summed E-state index contributed by atoms with van der Waals surface area (Å²) in [5, 5.41) is 3.47. The summed E-state index contributed by atoms with van der Waals surface area (Å²) in [6.07, 6.45) is 2.83. The predicted octanol–water partition coefficient (Wildman–Crippen LogP) is 3.14. The number of pyridine rings is 1. The molecule has 1 atom stereocenters. The van der Waals surface area contributed by atoms with Gasteiger partial charge >= 0.3 is 0 Å². The van der Waals surface area contributed by atoms with Crippen LogP contribution in [-0.2, 0) is 13.0 Å². The number of aromatic nitrogens is 1. The molecule has 1 N–H and O–H groups in total. The van der Waals surface area contributed by atoms with Crippen molar-refractivity contribution < 1.29 is 0 Å². The zero-order valence-electron chi connectivity index (χ0n) is 12.5. The number of nitrogens with one attached hydrogen (secondary N) is 1. The topological polar surface area (TPSA) is 34.0 Å². The second-order valence-electron chi connectivity index (χ2n) is 5.43. The molecular weight excluding hydrogens is 328 g/mol. The summed E-state index contributed by atoms with van der Waals surface area (Å²) >= 11 is 3.40. The number of benzene rings is 1. The standard InChI is InChI=1S/C17H21BrN2O/c1-13-4-3-5-15(10-13)8-9-19-14(2)11-20-12-16(18)6-7-17(20)21/h3-7,10,12,14,19H,8-9,11H2,1-2H3/t14-/m1/s1. The summed E-state index contributed by atoms with van der Waals surface area (Å²) in [5.41, 5.74) is 2.67. The molecule has 2 rings (SSSR count). The molecule has 3 nitrogen and oxygen atoms in total. The van der Waals surface area contributed by atoms with Gasteiger partial charge < -0.3 is 9.88 Å². The number of hydrogen-bond donors (Lipinski definition) is 1.